The molecule has 1 amide bonds. The van der Waals surface area contributed by atoms with Gasteiger partial charge in [0.1, 0.15) is 33.3 Å². The number of carbonyl (C=O) groups is 2. The van der Waals surface area contributed by atoms with Crippen molar-refractivity contribution in [2.75, 3.05) is 17.7 Å². The van der Waals surface area contributed by atoms with Gasteiger partial charge in [-0.15, -0.1) is 15.3 Å². The van der Waals surface area contributed by atoms with E-state index in [0.29, 0.717) is 17.4 Å². The predicted molar refractivity (Wildman–Crippen MR) is 204 cm³/mol. The van der Waals surface area contributed by atoms with Gasteiger partial charge in [0.2, 0.25) is 0 Å². The Hall–Kier alpha value is -7.03. The summed E-state index contributed by atoms with van der Waals surface area (Å²) in [5.41, 5.74) is -0.444. The van der Waals surface area contributed by atoms with E-state index in [0.717, 1.165) is 30.3 Å². The first-order chi connectivity index (χ1) is 27.7. The molecule has 0 unspecified atom stereocenters. The number of sulfone groups is 1. The minimum Gasteiger partial charge on any atom is -0.507 e. The molecular formula is C34H27N7O15S3. The lowest BCUT2D eigenvalue weighted by molar-refractivity contribution is 0.0693. The Morgan fingerprint density at radius 2 is 1.19 bits per heavy atom. The number of carboxylic acid groups (broad SMARTS) is 1. The number of hydrogen-bond acceptors (Lipinski definition) is 18. The van der Waals surface area contributed by atoms with Gasteiger partial charge < -0.3 is 25.7 Å². The Balaban J connectivity index is 1.25. The van der Waals surface area contributed by atoms with Crippen molar-refractivity contribution in [1.82, 2.24) is 0 Å². The van der Waals surface area contributed by atoms with Crippen molar-refractivity contribution in [1.29, 1.82) is 0 Å². The summed E-state index contributed by atoms with van der Waals surface area (Å²) in [5, 5.41) is 65.7. The number of aromatic hydroxyl groups is 3. The lowest BCUT2D eigenvalue weighted by atomic mass is 10.2. The molecule has 0 saturated heterocycles. The van der Waals surface area contributed by atoms with Crippen molar-refractivity contribution in [3.05, 3.63) is 108 Å². The van der Waals surface area contributed by atoms with Crippen LogP contribution in [-0.4, -0.2) is 79.0 Å². The average molecular weight is 870 g/mol. The van der Waals surface area contributed by atoms with Crippen LogP contribution in [0.4, 0.5) is 39.8 Å². The highest BCUT2D eigenvalue weighted by molar-refractivity contribution is 7.91. The van der Waals surface area contributed by atoms with Crippen LogP contribution in [0.25, 0.3) is 0 Å². The highest BCUT2D eigenvalue weighted by atomic mass is 32.3. The first kappa shape index (κ1) is 43.1. The Morgan fingerprint density at radius 3 is 1.81 bits per heavy atom. The zero-order valence-electron chi connectivity index (χ0n) is 29.4. The van der Waals surface area contributed by atoms with Crippen LogP contribution in [0.2, 0.25) is 0 Å². The second-order valence-electron chi connectivity index (χ2n) is 11.6. The molecule has 0 heterocycles. The lowest BCUT2D eigenvalue weighted by Gasteiger charge is -2.08. The molecule has 5 aromatic rings. The van der Waals surface area contributed by atoms with E-state index in [-0.39, 0.29) is 28.2 Å². The fourth-order valence-electron chi connectivity index (χ4n) is 4.66. The number of phenolic OH excluding ortho intramolecular Hbond substituents is 2. The molecule has 5 rings (SSSR count). The number of benzene rings is 5. The molecule has 7 N–H and O–H groups in total. The number of rotatable bonds is 15. The fourth-order valence-corrected chi connectivity index (χ4v) is 6.90. The lowest BCUT2D eigenvalue weighted by Crippen LogP contribution is -2.16. The summed E-state index contributed by atoms with van der Waals surface area (Å²) < 4.78 is 93.0. The van der Waals surface area contributed by atoms with E-state index in [1.54, 1.807) is 0 Å². The molecule has 0 saturated carbocycles. The van der Waals surface area contributed by atoms with Gasteiger partial charge in [-0.05, 0) is 97.1 Å². The quantitative estimate of drug-likeness (QED) is 0.0418. The van der Waals surface area contributed by atoms with Crippen molar-refractivity contribution in [3.63, 3.8) is 0 Å². The van der Waals surface area contributed by atoms with Crippen LogP contribution in [0.15, 0.2) is 138 Å². The van der Waals surface area contributed by atoms with Gasteiger partial charge in [0, 0.05) is 11.3 Å². The van der Waals surface area contributed by atoms with Crippen LogP contribution in [0.5, 0.6) is 17.2 Å². The van der Waals surface area contributed by atoms with Crippen LogP contribution >= 0.6 is 0 Å². The van der Waals surface area contributed by atoms with Crippen molar-refractivity contribution in [2.24, 2.45) is 30.7 Å². The molecule has 0 radical (unpaired) electrons. The molecule has 0 atom stereocenters. The van der Waals surface area contributed by atoms with Gasteiger partial charge in [0.05, 0.1) is 34.3 Å². The number of carboxylic acids is 1. The highest BCUT2D eigenvalue weighted by Crippen LogP contribution is 2.44. The molecular weight excluding hydrogens is 843 g/mol. The topological polar surface area (TPSA) is 353 Å². The second kappa shape index (κ2) is 17.6. The monoisotopic (exact) mass is 869 g/mol. The maximum atomic E-state index is 12.8. The van der Waals surface area contributed by atoms with Crippen molar-refractivity contribution in [3.8, 4) is 17.2 Å². The van der Waals surface area contributed by atoms with Gasteiger partial charge in [-0.3, -0.25) is 13.9 Å². The zero-order chi connectivity index (χ0) is 43.1. The fraction of sp³-hybridized carbons (Fsp3) is 0.0588. The van der Waals surface area contributed by atoms with Gasteiger partial charge in [-0.1, -0.05) is 0 Å². The average Bonchev–Trinajstić information content (AvgIpc) is 3.17. The first-order valence-electron chi connectivity index (χ1n) is 16.0. The maximum absolute atomic E-state index is 12.8. The Morgan fingerprint density at radius 1 is 0.627 bits per heavy atom. The molecule has 25 heteroatoms. The van der Waals surface area contributed by atoms with E-state index in [1.807, 2.05) is 0 Å². The summed E-state index contributed by atoms with van der Waals surface area (Å²) in [6.07, 6.45) is 0. The molecule has 0 aliphatic heterocycles. The van der Waals surface area contributed by atoms with Gasteiger partial charge >= 0.3 is 16.4 Å². The Bertz CT molecular complexity index is 2870. The molecule has 5 aromatic carbocycles. The second-order valence-corrected chi connectivity index (χ2v) is 16.2. The number of hydrogen-bond donors (Lipinski definition) is 7. The van der Waals surface area contributed by atoms with Crippen molar-refractivity contribution >= 4 is 82.0 Å². The van der Waals surface area contributed by atoms with E-state index in [1.165, 1.54) is 60.7 Å². The number of carbonyl (C=O) groups excluding carboxylic acids is 1. The van der Waals surface area contributed by atoms with E-state index in [9.17, 15) is 54.7 Å². The smallest absolute Gasteiger partial charge is 0.397 e. The standard InChI is InChI=1S/C34H27N7O15S3/c42-28-13-9-23(17-25(28)34(46)47)38-36-21-3-1-19(2-4-21)33(45)35-20-5-7-22(8-6-20)37-41-31-29(43)14-12-27(32(31)44)40-39-26-11-10-24(18-30(26)58(50,51)52)57(48,49)16-15-56-59(53,54)55/h1-14,17-18,42-44H,15-16H2,(H,35,45)(H,46,47)(H,50,51,52)(H,53,54,55)/b38-36+,40-39+,41-37+. The number of nitrogens with zero attached hydrogens (tertiary/aromatic N) is 6. The van der Waals surface area contributed by atoms with Crippen molar-refractivity contribution in [2.45, 2.75) is 9.79 Å². The number of aromatic carboxylic acids is 1. The molecule has 0 aliphatic carbocycles. The minimum atomic E-state index is -5.14. The summed E-state index contributed by atoms with van der Waals surface area (Å²) in [7, 11) is -14.5. The van der Waals surface area contributed by atoms with Crippen LogP contribution in [0.1, 0.15) is 20.7 Å². The van der Waals surface area contributed by atoms with Gasteiger partial charge in [-0.25, -0.2) is 17.4 Å². The maximum Gasteiger partial charge on any atom is 0.397 e. The third-order valence-electron chi connectivity index (χ3n) is 7.54. The largest absolute Gasteiger partial charge is 0.507 e. The van der Waals surface area contributed by atoms with Crippen molar-refractivity contribution < 1.29 is 68.6 Å². The number of anilines is 1. The first-order valence-corrected chi connectivity index (χ1v) is 20.5. The van der Waals surface area contributed by atoms with Crippen LogP contribution in [0.3, 0.4) is 0 Å². The number of amides is 1. The van der Waals surface area contributed by atoms with Gasteiger partial charge in [0.15, 0.2) is 21.3 Å². The molecule has 59 heavy (non-hydrogen) atoms. The molecule has 0 spiro atoms. The Labute approximate surface area is 333 Å². The molecule has 0 aromatic heterocycles. The number of phenols is 3. The summed E-state index contributed by atoms with van der Waals surface area (Å²) in [6.45, 7) is -1.01. The zero-order valence-corrected chi connectivity index (χ0v) is 31.9. The molecule has 0 bridgehead atoms. The number of azo groups is 3. The minimum absolute atomic E-state index is 0.183. The van der Waals surface area contributed by atoms with Gasteiger partial charge in [-0.2, -0.15) is 32.2 Å². The van der Waals surface area contributed by atoms with Crippen LogP contribution < -0.4 is 5.32 Å². The summed E-state index contributed by atoms with van der Waals surface area (Å²) in [4.78, 5) is 22.3. The van der Waals surface area contributed by atoms with Gasteiger partial charge in [0.25, 0.3) is 16.0 Å². The van der Waals surface area contributed by atoms with E-state index in [2.05, 4.69) is 40.2 Å². The Kier molecular flexibility index (Phi) is 12.9. The predicted octanol–water partition coefficient (Wildman–Crippen LogP) is 6.84. The van der Waals surface area contributed by atoms with E-state index < -0.39 is 93.0 Å². The summed E-state index contributed by atoms with van der Waals surface area (Å²) >= 11 is 0. The summed E-state index contributed by atoms with van der Waals surface area (Å²) in [6, 6.07) is 19.9. The normalized spacial score (nSPS) is 12.4. The SMILES string of the molecule is O=C(Nc1ccc(/N=N/c2c(O)ccc(/N=N/c3ccc(S(=O)(=O)CCOS(=O)(=O)O)cc3S(=O)(=O)O)c2O)cc1)c1ccc(/N=N/c2ccc(O)c(C(=O)O)c2)cc1. The van der Waals surface area contributed by atoms with E-state index in [4.69, 9.17) is 9.66 Å². The molecule has 306 valence electrons. The van der Waals surface area contributed by atoms with Crippen LogP contribution in [-0.2, 0) is 34.5 Å². The third kappa shape index (κ3) is 11.5. The third-order valence-corrected chi connectivity index (χ3v) is 10.6. The van der Waals surface area contributed by atoms with Crippen LogP contribution in [0, 0.1) is 0 Å². The number of nitrogens with one attached hydrogen (secondary N) is 1. The molecule has 0 aliphatic rings. The highest BCUT2D eigenvalue weighted by Gasteiger charge is 2.23. The molecule has 22 nitrogen and oxygen atoms in total. The summed E-state index contributed by atoms with van der Waals surface area (Å²) in [5.74, 6) is -4.56. The van der Waals surface area contributed by atoms with E-state index >= 15 is 0 Å². The molecule has 0 fully saturated rings.